The van der Waals surface area contributed by atoms with E-state index in [1.54, 1.807) is 6.20 Å². The lowest BCUT2D eigenvalue weighted by molar-refractivity contribution is 0.607. The Morgan fingerprint density at radius 2 is 2.10 bits per heavy atom. The molecular weight excluding hydrogens is 250 g/mol. The van der Waals surface area contributed by atoms with E-state index in [1.807, 2.05) is 23.1 Å². The first-order valence-electron chi connectivity index (χ1n) is 7.12. The molecule has 0 radical (unpaired) electrons. The predicted molar refractivity (Wildman–Crippen MR) is 78.5 cm³/mol. The van der Waals surface area contributed by atoms with Gasteiger partial charge < -0.3 is 4.98 Å². The first-order valence-corrected chi connectivity index (χ1v) is 7.12. The largest absolute Gasteiger partial charge is 0.339 e. The Kier molecular flexibility index (Phi) is 3.50. The molecule has 0 aromatic carbocycles. The Balaban J connectivity index is 1.92. The van der Waals surface area contributed by atoms with Gasteiger partial charge in [-0.25, -0.2) is 9.67 Å². The molecule has 0 spiro atoms. The first kappa shape index (κ1) is 12.8. The average molecular weight is 269 g/mol. The molecule has 0 aliphatic rings. The van der Waals surface area contributed by atoms with Gasteiger partial charge in [-0.15, -0.1) is 0 Å². The number of rotatable bonds is 5. The van der Waals surface area contributed by atoms with E-state index in [9.17, 15) is 0 Å². The summed E-state index contributed by atoms with van der Waals surface area (Å²) < 4.78 is 1.93. The highest BCUT2D eigenvalue weighted by atomic mass is 15.3. The van der Waals surface area contributed by atoms with Gasteiger partial charge in [-0.2, -0.15) is 5.10 Å². The van der Waals surface area contributed by atoms with Crippen LogP contribution in [0.15, 0.2) is 30.7 Å². The van der Waals surface area contributed by atoms with Crippen molar-refractivity contribution in [2.45, 2.75) is 39.2 Å². The van der Waals surface area contributed by atoms with E-state index in [2.05, 4.69) is 35.0 Å². The van der Waals surface area contributed by atoms with E-state index in [1.165, 1.54) is 0 Å². The molecule has 5 heteroatoms. The summed E-state index contributed by atoms with van der Waals surface area (Å²) in [5, 5.41) is 4.40. The Labute approximate surface area is 118 Å². The molecule has 3 heterocycles. The molecule has 104 valence electrons. The monoisotopic (exact) mass is 269 g/mol. The van der Waals surface area contributed by atoms with Gasteiger partial charge in [0, 0.05) is 18.3 Å². The average Bonchev–Trinajstić information content (AvgIpc) is 3.04. The molecule has 0 saturated carbocycles. The summed E-state index contributed by atoms with van der Waals surface area (Å²) in [4.78, 5) is 12.3. The van der Waals surface area contributed by atoms with Crippen LogP contribution in [0.2, 0.25) is 0 Å². The van der Waals surface area contributed by atoms with E-state index in [0.717, 1.165) is 35.4 Å². The lowest BCUT2D eigenvalue weighted by Gasteiger charge is -2.07. The van der Waals surface area contributed by atoms with Crippen molar-refractivity contribution in [2.75, 3.05) is 0 Å². The first-order chi connectivity index (χ1) is 9.81. The Morgan fingerprint density at radius 3 is 2.80 bits per heavy atom. The van der Waals surface area contributed by atoms with Gasteiger partial charge in [0.15, 0.2) is 5.65 Å². The molecule has 0 atom stereocenters. The zero-order valence-corrected chi connectivity index (χ0v) is 11.9. The van der Waals surface area contributed by atoms with Crippen molar-refractivity contribution >= 4 is 11.2 Å². The molecule has 3 aromatic rings. The molecule has 0 bridgehead atoms. The van der Waals surface area contributed by atoms with Crippen LogP contribution in [-0.2, 0) is 6.54 Å². The van der Waals surface area contributed by atoms with Crippen LogP contribution >= 0.6 is 0 Å². The highest BCUT2D eigenvalue weighted by Gasteiger charge is 2.15. The smallest absolute Gasteiger partial charge is 0.176 e. The molecule has 0 aliphatic heterocycles. The molecule has 0 unspecified atom stereocenters. The van der Waals surface area contributed by atoms with E-state index in [0.29, 0.717) is 12.5 Å². The van der Waals surface area contributed by atoms with E-state index in [-0.39, 0.29) is 0 Å². The molecule has 20 heavy (non-hydrogen) atoms. The third-order valence-electron chi connectivity index (χ3n) is 3.73. The van der Waals surface area contributed by atoms with Gasteiger partial charge in [0.25, 0.3) is 0 Å². The van der Waals surface area contributed by atoms with Crippen LogP contribution in [0.5, 0.6) is 0 Å². The highest BCUT2D eigenvalue weighted by molar-refractivity contribution is 5.70. The fourth-order valence-electron chi connectivity index (χ4n) is 2.51. The maximum Gasteiger partial charge on any atom is 0.176 e. The number of hydrogen-bond donors (Lipinski definition) is 1. The quantitative estimate of drug-likeness (QED) is 0.774. The normalized spacial score (nSPS) is 11.6. The van der Waals surface area contributed by atoms with Crippen molar-refractivity contribution in [3.8, 4) is 0 Å². The van der Waals surface area contributed by atoms with E-state index < -0.39 is 0 Å². The van der Waals surface area contributed by atoms with Crippen LogP contribution in [0.25, 0.3) is 11.2 Å². The number of aromatic nitrogens is 5. The maximum absolute atomic E-state index is 4.74. The molecule has 0 saturated heterocycles. The third-order valence-corrected chi connectivity index (χ3v) is 3.73. The van der Waals surface area contributed by atoms with Gasteiger partial charge in [0.1, 0.15) is 11.3 Å². The van der Waals surface area contributed by atoms with Crippen molar-refractivity contribution in [3.05, 3.63) is 42.1 Å². The molecule has 1 N–H and O–H groups in total. The van der Waals surface area contributed by atoms with Crippen LogP contribution < -0.4 is 0 Å². The number of nitrogens with one attached hydrogen (secondary N) is 1. The molecular formula is C15H19N5. The number of pyridine rings is 1. The number of fused-ring (bicyclic) bond motifs is 1. The molecule has 5 nitrogen and oxygen atoms in total. The van der Waals surface area contributed by atoms with Gasteiger partial charge >= 0.3 is 0 Å². The van der Waals surface area contributed by atoms with Gasteiger partial charge in [0.2, 0.25) is 0 Å². The fourth-order valence-corrected chi connectivity index (χ4v) is 2.51. The number of imidazole rings is 1. The van der Waals surface area contributed by atoms with Crippen LogP contribution in [0, 0.1) is 0 Å². The lowest BCUT2D eigenvalue weighted by Crippen LogP contribution is -2.03. The lowest BCUT2D eigenvalue weighted by atomic mass is 10.0. The molecule has 3 rings (SSSR count). The summed E-state index contributed by atoms with van der Waals surface area (Å²) in [5.41, 5.74) is 3.07. The third kappa shape index (κ3) is 2.31. The summed E-state index contributed by atoms with van der Waals surface area (Å²) >= 11 is 0. The standard InChI is InChI=1S/C15H19N5/c1-3-12(4-2)14-18-13-9-17-20(15(13)19-14)10-11-6-5-7-16-8-11/h5-9,12H,3-4,10H2,1-2H3,(H,18,19). The summed E-state index contributed by atoms with van der Waals surface area (Å²) in [6.45, 7) is 5.09. The predicted octanol–water partition coefficient (Wildman–Crippen LogP) is 3.11. The highest BCUT2D eigenvalue weighted by Crippen LogP contribution is 2.23. The van der Waals surface area contributed by atoms with Crippen LogP contribution in [0.4, 0.5) is 0 Å². The second-order valence-electron chi connectivity index (χ2n) is 5.04. The number of hydrogen-bond acceptors (Lipinski definition) is 3. The molecule has 0 fully saturated rings. The Hall–Kier alpha value is -2.17. The topological polar surface area (TPSA) is 59.4 Å². The van der Waals surface area contributed by atoms with Crippen LogP contribution in [-0.4, -0.2) is 24.7 Å². The van der Waals surface area contributed by atoms with Crippen molar-refractivity contribution < 1.29 is 0 Å². The van der Waals surface area contributed by atoms with E-state index in [4.69, 9.17) is 4.98 Å². The van der Waals surface area contributed by atoms with Crippen molar-refractivity contribution in [1.29, 1.82) is 0 Å². The zero-order valence-electron chi connectivity index (χ0n) is 11.9. The summed E-state index contributed by atoms with van der Waals surface area (Å²) in [6.07, 6.45) is 7.69. The second kappa shape index (κ2) is 5.45. The number of aromatic amines is 1. The Bertz CT molecular complexity index is 679. The summed E-state index contributed by atoms with van der Waals surface area (Å²) in [5.74, 6) is 1.57. The van der Waals surface area contributed by atoms with Gasteiger partial charge in [-0.3, -0.25) is 4.98 Å². The van der Waals surface area contributed by atoms with Crippen LogP contribution in [0.3, 0.4) is 0 Å². The van der Waals surface area contributed by atoms with Gasteiger partial charge in [-0.1, -0.05) is 19.9 Å². The number of H-pyrrole nitrogens is 1. The summed E-state index contributed by atoms with van der Waals surface area (Å²) in [7, 11) is 0. The summed E-state index contributed by atoms with van der Waals surface area (Å²) in [6, 6.07) is 3.99. The van der Waals surface area contributed by atoms with Crippen molar-refractivity contribution in [1.82, 2.24) is 24.7 Å². The second-order valence-corrected chi connectivity index (χ2v) is 5.04. The van der Waals surface area contributed by atoms with Gasteiger partial charge in [0.05, 0.1) is 12.7 Å². The van der Waals surface area contributed by atoms with Crippen molar-refractivity contribution in [3.63, 3.8) is 0 Å². The Morgan fingerprint density at radius 1 is 1.25 bits per heavy atom. The van der Waals surface area contributed by atoms with Crippen LogP contribution in [0.1, 0.15) is 44.0 Å². The van der Waals surface area contributed by atoms with Crippen molar-refractivity contribution in [2.24, 2.45) is 0 Å². The minimum atomic E-state index is 0.495. The fraction of sp³-hybridized carbons (Fsp3) is 0.400. The minimum absolute atomic E-state index is 0.495. The van der Waals surface area contributed by atoms with E-state index >= 15 is 0 Å². The number of nitrogens with zero attached hydrogens (tertiary/aromatic N) is 4. The minimum Gasteiger partial charge on any atom is -0.339 e. The zero-order chi connectivity index (χ0) is 13.9. The maximum atomic E-state index is 4.74. The van der Waals surface area contributed by atoms with Gasteiger partial charge in [-0.05, 0) is 24.5 Å². The molecule has 0 amide bonds. The molecule has 3 aromatic heterocycles. The molecule has 0 aliphatic carbocycles. The SMILES string of the molecule is CCC(CC)c1nc2c(cnn2Cc2cccnc2)[nH]1.